The van der Waals surface area contributed by atoms with Crippen molar-refractivity contribution in [3.63, 3.8) is 0 Å². The smallest absolute Gasteiger partial charge is 0.339 e. The predicted molar refractivity (Wildman–Crippen MR) is 104 cm³/mol. The summed E-state index contributed by atoms with van der Waals surface area (Å²) in [7, 11) is 0. The topological polar surface area (TPSA) is 55.4 Å². The molecule has 0 fully saturated rings. The van der Waals surface area contributed by atoms with Crippen LogP contribution in [0.15, 0.2) is 54.6 Å². The number of fused-ring (bicyclic) bond motifs is 2. The Labute approximate surface area is 153 Å². The lowest BCUT2D eigenvalue weighted by Crippen LogP contribution is -2.35. The molecule has 0 saturated heterocycles. The van der Waals surface area contributed by atoms with Gasteiger partial charge in [0, 0.05) is 6.04 Å². The fourth-order valence-electron chi connectivity index (χ4n) is 3.26. The molecule has 0 aliphatic carbocycles. The van der Waals surface area contributed by atoms with E-state index in [1.54, 1.807) is 0 Å². The average molecular weight is 349 g/mol. The Morgan fingerprint density at radius 2 is 1.58 bits per heavy atom. The lowest BCUT2D eigenvalue weighted by molar-refractivity contribution is -0.124. The number of benzene rings is 3. The van der Waals surface area contributed by atoms with E-state index in [4.69, 9.17) is 4.74 Å². The lowest BCUT2D eigenvalue weighted by Gasteiger charge is -2.14. The second-order valence-electron chi connectivity index (χ2n) is 6.53. The minimum Gasteiger partial charge on any atom is -0.452 e. The summed E-state index contributed by atoms with van der Waals surface area (Å²) in [6, 6.07) is 17.5. The molecule has 3 aromatic rings. The van der Waals surface area contributed by atoms with Crippen LogP contribution in [-0.2, 0) is 9.53 Å². The van der Waals surface area contributed by atoms with Gasteiger partial charge in [-0.2, -0.15) is 0 Å². The van der Waals surface area contributed by atoms with Crippen LogP contribution in [0.1, 0.15) is 37.0 Å². The maximum absolute atomic E-state index is 12.8. The van der Waals surface area contributed by atoms with E-state index in [0.29, 0.717) is 5.56 Å². The average Bonchev–Trinajstić information content (AvgIpc) is 2.64. The van der Waals surface area contributed by atoms with Crippen molar-refractivity contribution in [1.82, 2.24) is 5.32 Å². The fraction of sp³-hybridized carbons (Fsp3) is 0.273. The zero-order chi connectivity index (χ0) is 18.5. The van der Waals surface area contributed by atoms with Crippen LogP contribution in [0.2, 0.25) is 0 Å². The molecule has 0 aliphatic rings. The predicted octanol–water partition coefficient (Wildman–Crippen LogP) is 4.45. The first-order valence-corrected chi connectivity index (χ1v) is 8.97. The van der Waals surface area contributed by atoms with Crippen molar-refractivity contribution in [3.05, 3.63) is 60.2 Å². The highest BCUT2D eigenvalue weighted by Crippen LogP contribution is 2.29. The van der Waals surface area contributed by atoms with Gasteiger partial charge in [-0.05, 0) is 41.0 Å². The highest BCUT2D eigenvalue weighted by molar-refractivity contribution is 6.16. The molecule has 4 nitrogen and oxygen atoms in total. The number of carbonyl (C=O) groups is 2. The van der Waals surface area contributed by atoms with Crippen molar-refractivity contribution in [3.8, 4) is 0 Å². The van der Waals surface area contributed by atoms with Crippen LogP contribution in [0.4, 0.5) is 0 Å². The molecule has 3 rings (SSSR count). The first-order valence-electron chi connectivity index (χ1n) is 8.97. The Bertz CT molecular complexity index is 894. The molecule has 0 unspecified atom stereocenters. The molecule has 0 spiro atoms. The molecule has 3 aromatic carbocycles. The summed E-state index contributed by atoms with van der Waals surface area (Å²) < 4.78 is 5.33. The Morgan fingerprint density at radius 3 is 2.15 bits per heavy atom. The Kier molecular flexibility index (Phi) is 5.52. The van der Waals surface area contributed by atoms with Gasteiger partial charge in [0.2, 0.25) is 0 Å². The summed E-state index contributed by atoms with van der Waals surface area (Å²) in [5.74, 6) is -0.750. The molecule has 134 valence electrons. The van der Waals surface area contributed by atoms with E-state index in [1.807, 2.05) is 55.5 Å². The number of carbonyl (C=O) groups excluding carboxylic acids is 2. The van der Waals surface area contributed by atoms with Crippen LogP contribution < -0.4 is 5.32 Å². The Balaban J connectivity index is 1.86. The maximum Gasteiger partial charge on any atom is 0.339 e. The summed E-state index contributed by atoms with van der Waals surface area (Å²) >= 11 is 0. The number of esters is 1. The number of amides is 1. The van der Waals surface area contributed by atoms with Gasteiger partial charge in [0.15, 0.2) is 6.61 Å². The molecule has 0 aromatic heterocycles. The molecule has 1 N–H and O–H groups in total. The maximum atomic E-state index is 12.8. The van der Waals surface area contributed by atoms with Crippen LogP contribution >= 0.6 is 0 Å². The Morgan fingerprint density at radius 1 is 1.00 bits per heavy atom. The van der Waals surface area contributed by atoms with Gasteiger partial charge in [-0.25, -0.2) is 4.79 Å². The first kappa shape index (κ1) is 17.9. The van der Waals surface area contributed by atoms with E-state index >= 15 is 0 Å². The van der Waals surface area contributed by atoms with Gasteiger partial charge in [0.05, 0.1) is 5.56 Å². The zero-order valence-corrected chi connectivity index (χ0v) is 15.1. The van der Waals surface area contributed by atoms with Crippen molar-refractivity contribution in [2.75, 3.05) is 6.61 Å². The summed E-state index contributed by atoms with van der Waals surface area (Å²) in [5, 5.41) is 6.45. The molecule has 0 saturated carbocycles. The summed E-state index contributed by atoms with van der Waals surface area (Å²) in [5.41, 5.74) is 0.508. The minimum atomic E-state index is -0.476. The van der Waals surface area contributed by atoms with E-state index < -0.39 is 5.97 Å². The molecule has 1 atom stereocenters. The largest absolute Gasteiger partial charge is 0.452 e. The summed E-state index contributed by atoms with van der Waals surface area (Å²) in [6.07, 6.45) is 1.89. The summed E-state index contributed by atoms with van der Waals surface area (Å²) in [4.78, 5) is 24.8. The fourth-order valence-corrected chi connectivity index (χ4v) is 3.26. The van der Waals surface area contributed by atoms with Crippen LogP contribution in [0.3, 0.4) is 0 Å². The molecule has 0 bridgehead atoms. The van der Waals surface area contributed by atoms with E-state index in [-0.39, 0.29) is 18.6 Å². The Hall–Kier alpha value is -2.88. The van der Waals surface area contributed by atoms with Crippen LogP contribution in [0.5, 0.6) is 0 Å². The third-order valence-electron chi connectivity index (χ3n) is 4.44. The van der Waals surface area contributed by atoms with E-state index in [1.165, 1.54) is 0 Å². The van der Waals surface area contributed by atoms with E-state index in [0.717, 1.165) is 34.4 Å². The quantitative estimate of drug-likeness (QED) is 0.528. The highest BCUT2D eigenvalue weighted by atomic mass is 16.5. The monoisotopic (exact) mass is 349 g/mol. The van der Waals surface area contributed by atoms with Gasteiger partial charge in [-0.15, -0.1) is 0 Å². The van der Waals surface area contributed by atoms with Gasteiger partial charge in [0.1, 0.15) is 0 Å². The number of nitrogens with one attached hydrogen (secondary N) is 1. The molecule has 0 aliphatic heterocycles. The van der Waals surface area contributed by atoms with Crippen LogP contribution in [0.25, 0.3) is 21.5 Å². The van der Waals surface area contributed by atoms with E-state index in [2.05, 4.69) is 18.3 Å². The standard InChI is InChI=1S/C22H23NO3/c1-3-8-15(2)23-20(24)14-26-22(25)21-18-11-6-4-9-16(18)13-17-10-5-7-12-19(17)21/h4-7,9-13,15H,3,8,14H2,1-2H3,(H,23,24)/t15-/m1/s1. The molecule has 1 amide bonds. The lowest BCUT2D eigenvalue weighted by atomic mass is 9.97. The van der Waals surface area contributed by atoms with Crippen molar-refractivity contribution in [2.24, 2.45) is 0 Å². The number of hydrogen-bond donors (Lipinski definition) is 1. The molecule has 0 radical (unpaired) electrons. The van der Waals surface area contributed by atoms with Crippen molar-refractivity contribution < 1.29 is 14.3 Å². The van der Waals surface area contributed by atoms with Crippen molar-refractivity contribution in [2.45, 2.75) is 32.7 Å². The van der Waals surface area contributed by atoms with Crippen LogP contribution in [-0.4, -0.2) is 24.5 Å². The van der Waals surface area contributed by atoms with E-state index in [9.17, 15) is 9.59 Å². The normalized spacial score (nSPS) is 12.1. The second-order valence-corrected chi connectivity index (χ2v) is 6.53. The molecular weight excluding hydrogens is 326 g/mol. The third kappa shape index (κ3) is 3.85. The second kappa shape index (κ2) is 8.00. The van der Waals surface area contributed by atoms with Crippen LogP contribution in [0, 0.1) is 0 Å². The molecule has 0 heterocycles. The SMILES string of the molecule is CCC[C@@H](C)NC(=O)COC(=O)c1c2ccccc2cc2ccccc12. The zero-order valence-electron chi connectivity index (χ0n) is 15.1. The number of hydrogen-bond acceptors (Lipinski definition) is 3. The number of ether oxygens (including phenoxy) is 1. The van der Waals surface area contributed by atoms with Gasteiger partial charge in [-0.1, -0.05) is 61.9 Å². The minimum absolute atomic E-state index is 0.0737. The molecular formula is C22H23NO3. The number of rotatable bonds is 6. The molecule has 26 heavy (non-hydrogen) atoms. The van der Waals surface area contributed by atoms with Crippen molar-refractivity contribution >= 4 is 33.4 Å². The highest BCUT2D eigenvalue weighted by Gasteiger charge is 2.17. The summed E-state index contributed by atoms with van der Waals surface area (Å²) in [6.45, 7) is 3.74. The van der Waals surface area contributed by atoms with Gasteiger partial charge < -0.3 is 10.1 Å². The van der Waals surface area contributed by atoms with Gasteiger partial charge >= 0.3 is 5.97 Å². The van der Waals surface area contributed by atoms with Gasteiger partial charge in [-0.3, -0.25) is 4.79 Å². The first-order chi connectivity index (χ1) is 12.6. The third-order valence-corrected chi connectivity index (χ3v) is 4.44. The van der Waals surface area contributed by atoms with Gasteiger partial charge in [0.25, 0.3) is 5.91 Å². The van der Waals surface area contributed by atoms with Crippen molar-refractivity contribution in [1.29, 1.82) is 0 Å². The molecule has 4 heteroatoms.